The Labute approximate surface area is 158 Å². The summed E-state index contributed by atoms with van der Waals surface area (Å²) < 4.78 is 0. The lowest BCUT2D eigenvalue weighted by atomic mass is 10.1. The van der Waals surface area contributed by atoms with Crippen LogP contribution >= 0.6 is 0 Å². The maximum absolute atomic E-state index is 12.2. The summed E-state index contributed by atoms with van der Waals surface area (Å²) in [5.74, 6) is 1.35. The molecule has 0 aliphatic carbocycles. The molecule has 0 bridgehead atoms. The molecule has 27 heavy (non-hydrogen) atoms. The first-order valence-electron chi connectivity index (χ1n) is 9.00. The van der Waals surface area contributed by atoms with Gasteiger partial charge in [-0.05, 0) is 43.5 Å². The molecule has 0 aliphatic heterocycles. The molecule has 7 nitrogen and oxygen atoms in total. The Hall–Kier alpha value is -3.22. The number of hydrogen-bond acceptors (Lipinski definition) is 6. The maximum Gasteiger partial charge on any atom is 0.255 e. The molecule has 0 aromatic carbocycles. The van der Waals surface area contributed by atoms with Gasteiger partial charge in [0.05, 0.1) is 0 Å². The van der Waals surface area contributed by atoms with Crippen LogP contribution in [0.4, 0.5) is 11.8 Å². The second kappa shape index (κ2) is 8.93. The minimum absolute atomic E-state index is 0.130. The van der Waals surface area contributed by atoms with Crippen molar-refractivity contribution in [2.24, 2.45) is 0 Å². The van der Waals surface area contributed by atoms with Crippen molar-refractivity contribution in [3.05, 3.63) is 75.6 Å². The largest absolute Gasteiger partial charge is 0.370 e. The molecule has 0 spiro atoms. The van der Waals surface area contributed by atoms with Gasteiger partial charge < -0.3 is 10.6 Å². The fourth-order valence-corrected chi connectivity index (χ4v) is 2.54. The van der Waals surface area contributed by atoms with Crippen LogP contribution in [0.1, 0.15) is 28.8 Å². The van der Waals surface area contributed by atoms with E-state index >= 15 is 0 Å². The van der Waals surface area contributed by atoms with Crippen LogP contribution < -0.4 is 16.2 Å². The molecule has 0 saturated carbocycles. The summed E-state index contributed by atoms with van der Waals surface area (Å²) in [6.45, 7) is 5.43. The Morgan fingerprint density at radius 2 is 1.78 bits per heavy atom. The highest BCUT2D eigenvalue weighted by atomic mass is 16.1. The van der Waals surface area contributed by atoms with E-state index in [0.29, 0.717) is 24.5 Å². The van der Waals surface area contributed by atoms with E-state index in [-0.39, 0.29) is 5.56 Å². The van der Waals surface area contributed by atoms with Crippen LogP contribution in [0.5, 0.6) is 0 Å². The molecular weight excluding hydrogens is 340 g/mol. The van der Waals surface area contributed by atoms with Gasteiger partial charge in [-0.3, -0.25) is 14.8 Å². The van der Waals surface area contributed by atoms with E-state index in [1.165, 1.54) is 0 Å². The highest BCUT2D eigenvalue weighted by Gasteiger charge is 2.04. The van der Waals surface area contributed by atoms with Crippen LogP contribution in [0.2, 0.25) is 0 Å². The highest BCUT2D eigenvalue weighted by Crippen LogP contribution is 2.06. The standard InChI is InChI=1S/C20H24N6O/c1-14-4-7-18(24-11-14)21-8-3-9-22-20-25-13-17(19(27)26-20)10-16-6-5-15(2)23-12-16/h4-7,11-13H,3,8-10H2,1-2H3,(H,21,24)(H2,22,25,26,27). The van der Waals surface area contributed by atoms with Crippen LogP contribution in [0.25, 0.3) is 0 Å². The van der Waals surface area contributed by atoms with Crippen molar-refractivity contribution in [3.63, 3.8) is 0 Å². The zero-order chi connectivity index (χ0) is 19.1. The van der Waals surface area contributed by atoms with Crippen LogP contribution in [-0.4, -0.2) is 33.0 Å². The zero-order valence-corrected chi connectivity index (χ0v) is 15.6. The number of nitrogens with zero attached hydrogens (tertiary/aromatic N) is 3. The SMILES string of the molecule is Cc1ccc(NCCCNc2ncc(Cc3ccc(C)nc3)c(=O)[nH]2)nc1. The molecule has 3 N–H and O–H groups in total. The van der Waals surface area contributed by atoms with E-state index in [9.17, 15) is 4.79 Å². The van der Waals surface area contributed by atoms with Gasteiger partial charge in [0.15, 0.2) is 0 Å². The maximum atomic E-state index is 12.2. The fraction of sp³-hybridized carbons (Fsp3) is 0.300. The van der Waals surface area contributed by atoms with Crippen LogP contribution in [0, 0.1) is 13.8 Å². The third kappa shape index (κ3) is 5.64. The molecule has 0 radical (unpaired) electrons. The molecule has 3 heterocycles. The van der Waals surface area contributed by atoms with Crippen LogP contribution in [-0.2, 0) is 6.42 Å². The van der Waals surface area contributed by atoms with E-state index < -0.39 is 0 Å². The molecule has 0 aliphatic rings. The zero-order valence-electron chi connectivity index (χ0n) is 15.6. The van der Waals surface area contributed by atoms with Gasteiger partial charge in [-0.25, -0.2) is 9.97 Å². The van der Waals surface area contributed by atoms with Crippen molar-refractivity contribution in [3.8, 4) is 0 Å². The number of aromatic amines is 1. The molecule has 3 rings (SSSR count). The summed E-state index contributed by atoms with van der Waals surface area (Å²) in [5.41, 5.74) is 3.58. The topological polar surface area (TPSA) is 95.6 Å². The Balaban J connectivity index is 1.45. The van der Waals surface area contributed by atoms with Gasteiger partial charge in [0.1, 0.15) is 5.82 Å². The van der Waals surface area contributed by atoms with Gasteiger partial charge in [0.2, 0.25) is 5.95 Å². The van der Waals surface area contributed by atoms with Crippen molar-refractivity contribution in [2.45, 2.75) is 26.7 Å². The number of rotatable bonds is 8. The lowest BCUT2D eigenvalue weighted by Crippen LogP contribution is -2.18. The molecule has 0 unspecified atom stereocenters. The van der Waals surface area contributed by atoms with Crippen molar-refractivity contribution >= 4 is 11.8 Å². The summed E-state index contributed by atoms with van der Waals surface area (Å²) in [4.78, 5) is 27.9. The molecule has 3 aromatic rings. The van der Waals surface area contributed by atoms with E-state index in [1.807, 2.05) is 44.3 Å². The first-order valence-corrected chi connectivity index (χ1v) is 9.00. The van der Waals surface area contributed by atoms with E-state index in [1.54, 1.807) is 12.4 Å². The molecule has 7 heteroatoms. The van der Waals surface area contributed by atoms with E-state index in [0.717, 1.165) is 35.6 Å². The van der Waals surface area contributed by atoms with Crippen LogP contribution in [0.3, 0.4) is 0 Å². The quantitative estimate of drug-likeness (QED) is 0.532. The second-order valence-electron chi connectivity index (χ2n) is 6.50. The normalized spacial score (nSPS) is 10.6. The lowest BCUT2D eigenvalue weighted by Gasteiger charge is -2.08. The summed E-state index contributed by atoms with van der Waals surface area (Å²) in [6.07, 6.45) is 6.63. The fourth-order valence-electron chi connectivity index (χ4n) is 2.54. The van der Waals surface area contributed by atoms with E-state index in [4.69, 9.17) is 0 Å². The number of aromatic nitrogens is 4. The summed E-state index contributed by atoms with van der Waals surface area (Å²) in [5, 5.41) is 6.40. The molecular formula is C20H24N6O. The van der Waals surface area contributed by atoms with Crippen molar-refractivity contribution in [1.29, 1.82) is 0 Å². The number of pyridine rings is 2. The molecule has 0 saturated heterocycles. The average Bonchev–Trinajstić information content (AvgIpc) is 2.67. The van der Waals surface area contributed by atoms with Gasteiger partial charge in [-0.15, -0.1) is 0 Å². The monoisotopic (exact) mass is 364 g/mol. The van der Waals surface area contributed by atoms with Crippen molar-refractivity contribution < 1.29 is 0 Å². The van der Waals surface area contributed by atoms with E-state index in [2.05, 4.69) is 30.6 Å². The number of hydrogen-bond donors (Lipinski definition) is 3. The summed E-state index contributed by atoms with van der Waals surface area (Å²) in [7, 11) is 0. The van der Waals surface area contributed by atoms with Crippen molar-refractivity contribution in [2.75, 3.05) is 23.7 Å². The molecule has 0 fully saturated rings. The summed E-state index contributed by atoms with van der Waals surface area (Å²) >= 11 is 0. The van der Waals surface area contributed by atoms with Gasteiger partial charge in [0.25, 0.3) is 5.56 Å². The average molecular weight is 364 g/mol. The third-order valence-electron chi connectivity index (χ3n) is 4.10. The van der Waals surface area contributed by atoms with Gasteiger partial charge in [-0.1, -0.05) is 12.1 Å². The van der Waals surface area contributed by atoms with Gasteiger partial charge in [0, 0.05) is 49.4 Å². The van der Waals surface area contributed by atoms with Crippen molar-refractivity contribution in [1.82, 2.24) is 19.9 Å². The number of anilines is 2. The number of H-pyrrole nitrogens is 1. The Bertz CT molecular complexity index is 918. The highest BCUT2D eigenvalue weighted by molar-refractivity contribution is 5.35. The smallest absolute Gasteiger partial charge is 0.255 e. The molecule has 0 atom stereocenters. The minimum atomic E-state index is -0.130. The third-order valence-corrected chi connectivity index (χ3v) is 4.10. The van der Waals surface area contributed by atoms with Crippen LogP contribution in [0.15, 0.2) is 47.7 Å². The Morgan fingerprint density at radius 3 is 2.48 bits per heavy atom. The predicted octanol–water partition coefficient (Wildman–Crippen LogP) is 2.68. The summed E-state index contributed by atoms with van der Waals surface area (Å²) in [6, 6.07) is 7.90. The molecule has 3 aromatic heterocycles. The number of aryl methyl sites for hydroxylation is 2. The predicted molar refractivity (Wildman–Crippen MR) is 107 cm³/mol. The first-order chi connectivity index (χ1) is 13.1. The minimum Gasteiger partial charge on any atom is -0.370 e. The molecule has 140 valence electrons. The second-order valence-corrected chi connectivity index (χ2v) is 6.50. The van der Waals surface area contributed by atoms with Gasteiger partial charge in [-0.2, -0.15) is 0 Å². The Kier molecular flexibility index (Phi) is 6.14. The van der Waals surface area contributed by atoms with Gasteiger partial charge >= 0.3 is 0 Å². The Morgan fingerprint density at radius 1 is 0.926 bits per heavy atom. The molecule has 0 amide bonds. The first kappa shape index (κ1) is 18.6. The lowest BCUT2D eigenvalue weighted by molar-refractivity contribution is 0.884. The number of nitrogens with one attached hydrogen (secondary N) is 3.